The number of aromatic nitrogens is 2. The third-order valence-corrected chi connectivity index (χ3v) is 5.01. The highest BCUT2D eigenvalue weighted by atomic mass is 32.1. The van der Waals surface area contributed by atoms with Crippen molar-refractivity contribution in [2.45, 2.75) is 45.3 Å². The highest BCUT2D eigenvalue weighted by Gasteiger charge is 2.29. The first-order valence-corrected chi connectivity index (χ1v) is 8.92. The summed E-state index contributed by atoms with van der Waals surface area (Å²) in [6, 6.07) is 2.15. The minimum atomic E-state index is -0.000583. The predicted octanol–water partition coefficient (Wildman–Crippen LogP) is 3.86. The van der Waals surface area contributed by atoms with Gasteiger partial charge in [-0.2, -0.15) is 15.7 Å². The van der Waals surface area contributed by atoms with Crippen LogP contribution >= 0.6 is 22.9 Å². The van der Waals surface area contributed by atoms with Gasteiger partial charge in [0.25, 0.3) is 0 Å². The fourth-order valence-electron chi connectivity index (χ4n) is 2.40. The predicted molar refractivity (Wildman–Crippen MR) is 88.4 cm³/mol. The van der Waals surface area contributed by atoms with E-state index in [1.807, 2.05) is 0 Å². The normalized spacial score (nSPS) is 23.5. The van der Waals surface area contributed by atoms with Gasteiger partial charge in [-0.15, -0.1) is 0 Å². The van der Waals surface area contributed by atoms with Crippen LogP contribution in [0, 0.1) is 0 Å². The van der Waals surface area contributed by atoms with Crippen molar-refractivity contribution in [1.82, 2.24) is 9.36 Å². The Morgan fingerprint density at radius 3 is 2.76 bits per heavy atom. The number of ether oxygens (including phenoxy) is 1. The molecule has 0 bridgehead atoms. The first-order chi connectivity index (χ1) is 9.93. The number of rotatable bonds is 2. The van der Waals surface area contributed by atoms with Crippen molar-refractivity contribution in [2.75, 3.05) is 18.0 Å². The summed E-state index contributed by atoms with van der Waals surface area (Å²) >= 11 is 3.21. The minimum Gasteiger partial charge on any atom is -0.367 e. The maximum Gasteiger partial charge on any atom is 0.205 e. The van der Waals surface area contributed by atoms with Crippen LogP contribution in [0.1, 0.15) is 45.2 Å². The highest BCUT2D eigenvalue weighted by Crippen LogP contribution is 2.32. The van der Waals surface area contributed by atoms with E-state index in [1.54, 1.807) is 11.3 Å². The summed E-state index contributed by atoms with van der Waals surface area (Å²) in [5, 5.41) is 5.28. The Bertz CT molecular complexity index is 588. The average Bonchev–Trinajstić information content (AvgIpc) is 3.09. The molecule has 0 aromatic carbocycles. The van der Waals surface area contributed by atoms with Crippen molar-refractivity contribution in [3.63, 3.8) is 0 Å². The lowest BCUT2D eigenvalue weighted by atomic mass is 9.96. The zero-order valence-electron chi connectivity index (χ0n) is 12.9. The third-order valence-electron chi connectivity index (χ3n) is 3.53. The molecule has 0 spiro atoms. The molecule has 2 unspecified atom stereocenters. The Morgan fingerprint density at radius 2 is 2.14 bits per heavy atom. The summed E-state index contributed by atoms with van der Waals surface area (Å²) in [6.07, 6.45) is 0.327. The molecule has 1 fully saturated rings. The Morgan fingerprint density at radius 1 is 1.33 bits per heavy atom. The maximum atomic E-state index is 6.08. The van der Waals surface area contributed by atoms with E-state index in [2.05, 4.69) is 53.8 Å². The number of hydrogen-bond donors (Lipinski definition) is 0. The second-order valence-corrected chi connectivity index (χ2v) is 8.06. The molecule has 1 aliphatic rings. The molecule has 1 aliphatic heterocycles. The monoisotopic (exact) mass is 323 g/mol. The van der Waals surface area contributed by atoms with Gasteiger partial charge in [0.2, 0.25) is 5.13 Å². The van der Waals surface area contributed by atoms with E-state index < -0.39 is 0 Å². The molecule has 114 valence electrons. The van der Waals surface area contributed by atoms with Crippen LogP contribution in [0.2, 0.25) is 0 Å². The first kappa shape index (κ1) is 14.9. The summed E-state index contributed by atoms with van der Waals surface area (Å²) in [4.78, 5) is 7.04. The number of nitrogens with zero attached hydrogens (tertiary/aromatic N) is 3. The quantitative estimate of drug-likeness (QED) is 0.841. The molecule has 0 aliphatic carbocycles. The molecule has 1 saturated heterocycles. The molecular formula is C15H21N3OS2. The van der Waals surface area contributed by atoms with Crippen LogP contribution in [0.15, 0.2) is 16.8 Å². The smallest absolute Gasteiger partial charge is 0.205 e. The lowest BCUT2D eigenvalue weighted by Gasteiger charge is -2.36. The average molecular weight is 323 g/mol. The van der Waals surface area contributed by atoms with E-state index in [-0.39, 0.29) is 17.6 Å². The van der Waals surface area contributed by atoms with Gasteiger partial charge < -0.3 is 9.64 Å². The van der Waals surface area contributed by atoms with Gasteiger partial charge in [0.15, 0.2) is 0 Å². The van der Waals surface area contributed by atoms with Gasteiger partial charge >= 0.3 is 0 Å². The minimum absolute atomic E-state index is 0.000583. The van der Waals surface area contributed by atoms with Gasteiger partial charge in [-0.3, -0.25) is 0 Å². The van der Waals surface area contributed by atoms with E-state index in [0.717, 1.165) is 24.0 Å². The van der Waals surface area contributed by atoms with Crippen LogP contribution < -0.4 is 4.90 Å². The van der Waals surface area contributed by atoms with Crippen molar-refractivity contribution in [2.24, 2.45) is 0 Å². The lowest BCUT2D eigenvalue weighted by Crippen LogP contribution is -2.42. The largest absolute Gasteiger partial charge is 0.367 e. The van der Waals surface area contributed by atoms with Gasteiger partial charge in [-0.25, -0.2) is 4.98 Å². The lowest BCUT2D eigenvalue weighted by molar-refractivity contribution is -0.0171. The Balaban J connectivity index is 1.80. The highest BCUT2D eigenvalue weighted by molar-refractivity contribution is 7.09. The molecule has 0 radical (unpaired) electrons. The van der Waals surface area contributed by atoms with Crippen LogP contribution in [0.3, 0.4) is 0 Å². The third kappa shape index (κ3) is 3.27. The van der Waals surface area contributed by atoms with Gasteiger partial charge in [0.1, 0.15) is 11.9 Å². The van der Waals surface area contributed by atoms with Gasteiger partial charge in [0, 0.05) is 23.5 Å². The second-order valence-electron chi connectivity index (χ2n) is 6.55. The van der Waals surface area contributed by atoms with Crippen LogP contribution in [-0.4, -0.2) is 28.6 Å². The molecule has 3 heterocycles. The topological polar surface area (TPSA) is 38.2 Å². The summed E-state index contributed by atoms with van der Waals surface area (Å²) in [7, 11) is 0. The summed E-state index contributed by atoms with van der Waals surface area (Å²) in [5.74, 6) is 0.925. The van der Waals surface area contributed by atoms with Crippen LogP contribution in [0.4, 0.5) is 5.13 Å². The van der Waals surface area contributed by atoms with Crippen molar-refractivity contribution < 1.29 is 4.74 Å². The Hall–Kier alpha value is -0.980. The zero-order valence-corrected chi connectivity index (χ0v) is 14.5. The molecule has 2 aromatic heterocycles. The molecule has 21 heavy (non-hydrogen) atoms. The standard InChI is InChI=1S/C15H21N3OS2/c1-10-7-18(8-12(19-10)11-5-6-20-9-11)14-16-13(17-21-14)15(2,3)4/h5-6,9-10,12H,7-8H2,1-4H3. The maximum absolute atomic E-state index is 6.08. The van der Waals surface area contributed by atoms with E-state index in [4.69, 9.17) is 9.72 Å². The van der Waals surface area contributed by atoms with Crippen LogP contribution in [0.25, 0.3) is 0 Å². The molecule has 0 N–H and O–H groups in total. The van der Waals surface area contributed by atoms with Crippen molar-refractivity contribution in [3.05, 3.63) is 28.2 Å². The molecule has 0 saturated carbocycles. The molecule has 3 rings (SSSR count). The fraction of sp³-hybridized carbons (Fsp3) is 0.600. The second kappa shape index (κ2) is 5.66. The Labute approximate surface area is 134 Å². The Kier molecular flexibility index (Phi) is 4.03. The molecule has 2 atom stereocenters. The van der Waals surface area contributed by atoms with E-state index in [0.29, 0.717) is 0 Å². The number of morpholine rings is 1. The summed E-state index contributed by atoms with van der Waals surface area (Å²) in [6.45, 7) is 10.3. The number of anilines is 1. The SMILES string of the molecule is CC1CN(c2nc(C(C)(C)C)ns2)CC(c2ccsc2)O1. The number of hydrogen-bond acceptors (Lipinski definition) is 6. The van der Waals surface area contributed by atoms with E-state index >= 15 is 0 Å². The van der Waals surface area contributed by atoms with Crippen molar-refractivity contribution >= 4 is 28.0 Å². The van der Waals surface area contributed by atoms with Crippen molar-refractivity contribution in [3.8, 4) is 0 Å². The molecule has 4 nitrogen and oxygen atoms in total. The molecular weight excluding hydrogens is 302 g/mol. The van der Waals surface area contributed by atoms with Gasteiger partial charge in [-0.05, 0) is 29.3 Å². The van der Waals surface area contributed by atoms with Crippen LogP contribution in [0.5, 0.6) is 0 Å². The fourth-order valence-corrected chi connectivity index (χ4v) is 3.97. The molecule has 0 amide bonds. The number of thiophene rings is 1. The zero-order chi connectivity index (χ0) is 15.0. The van der Waals surface area contributed by atoms with Crippen LogP contribution in [-0.2, 0) is 10.2 Å². The van der Waals surface area contributed by atoms with Crippen molar-refractivity contribution in [1.29, 1.82) is 0 Å². The van der Waals surface area contributed by atoms with Gasteiger partial charge in [-0.1, -0.05) is 20.8 Å². The summed E-state index contributed by atoms with van der Waals surface area (Å²) in [5.41, 5.74) is 1.26. The van der Waals surface area contributed by atoms with E-state index in [9.17, 15) is 0 Å². The van der Waals surface area contributed by atoms with Gasteiger partial charge in [0.05, 0.1) is 12.6 Å². The van der Waals surface area contributed by atoms with E-state index in [1.165, 1.54) is 17.1 Å². The molecule has 2 aromatic rings. The molecule has 6 heteroatoms. The summed E-state index contributed by atoms with van der Waals surface area (Å²) < 4.78 is 10.6. The first-order valence-electron chi connectivity index (χ1n) is 7.20.